The van der Waals surface area contributed by atoms with Crippen molar-refractivity contribution in [1.82, 2.24) is 19.4 Å². The van der Waals surface area contributed by atoms with Gasteiger partial charge in [-0.15, -0.1) is 0 Å². The van der Waals surface area contributed by atoms with Gasteiger partial charge in [-0.3, -0.25) is 14.2 Å². The number of anilines is 1. The van der Waals surface area contributed by atoms with Gasteiger partial charge in [0.1, 0.15) is 17.3 Å². The third-order valence-corrected chi connectivity index (χ3v) is 5.91. The molecule has 4 heterocycles. The highest BCUT2D eigenvalue weighted by Gasteiger charge is 2.14. The normalized spacial score (nSPS) is 11.2. The summed E-state index contributed by atoms with van der Waals surface area (Å²) in [6.07, 6.45) is 7.87. The standard InChI is InChI=1S/C29H26FN5O/c1-19(2)13-20-8-11-32-27(14-20)34-29(36)17-21-6-7-23(15-24(21)30)26-18-33-28-16-22(9-12-35(26)28)25-5-3-4-10-31-25/h3-12,14-16,18-19H,13,17H2,1-2H3,(H,32,34,36). The zero-order chi connectivity index (χ0) is 25.1. The molecule has 0 atom stereocenters. The van der Waals surface area contributed by atoms with Gasteiger partial charge in [-0.25, -0.2) is 14.4 Å². The molecule has 0 radical (unpaired) electrons. The number of amides is 1. The van der Waals surface area contributed by atoms with E-state index in [0.717, 1.165) is 34.6 Å². The number of imidazole rings is 1. The van der Waals surface area contributed by atoms with Gasteiger partial charge in [-0.05, 0) is 65.9 Å². The van der Waals surface area contributed by atoms with Crippen molar-refractivity contribution in [1.29, 1.82) is 0 Å². The predicted molar refractivity (Wildman–Crippen MR) is 139 cm³/mol. The van der Waals surface area contributed by atoms with Crippen LogP contribution >= 0.6 is 0 Å². The van der Waals surface area contributed by atoms with Gasteiger partial charge in [0.05, 0.1) is 24.0 Å². The van der Waals surface area contributed by atoms with Crippen LogP contribution in [0.5, 0.6) is 0 Å². The van der Waals surface area contributed by atoms with E-state index < -0.39 is 5.82 Å². The van der Waals surface area contributed by atoms with Gasteiger partial charge >= 0.3 is 0 Å². The predicted octanol–water partition coefficient (Wildman–Crippen LogP) is 5.98. The second-order valence-corrected chi connectivity index (χ2v) is 9.18. The molecule has 7 heteroatoms. The quantitative estimate of drug-likeness (QED) is 0.312. The van der Waals surface area contributed by atoms with Crippen LogP contribution in [0.3, 0.4) is 0 Å². The zero-order valence-electron chi connectivity index (χ0n) is 20.1. The molecule has 0 aliphatic carbocycles. The molecule has 0 aliphatic rings. The molecule has 4 aromatic heterocycles. The van der Waals surface area contributed by atoms with Crippen molar-refractivity contribution in [3.63, 3.8) is 0 Å². The summed E-state index contributed by atoms with van der Waals surface area (Å²) in [6.45, 7) is 4.27. The molecule has 0 unspecified atom stereocenters. The number of hydrogen-bond donors (Lipinski definition) is 1. The van der Waals surface area contributed by atoms with Crippen LogP contribution in [-0.4, -0.2) is 25.3 Å². The number of nitrogens with one attached hydrogen (secondary N) is 1. The van der Waals surface area contributed by atoms with Crippen molar-refractivity contribution in [3.05, 3.63) is 102 Å². The van der Waals surface area contributed by atoms with Crippen LogP contribution in [0.1, 0.15) is 25.0 Å². The fourth-order valence-corrected chi connectivity index (χ4v) is 4.24. The highest BCUT2D eigenvalue weighted by atomic mass is 19.1. The van der Waals surface area contributed by atoms with E-state index in [1.54, 1.807) is 24.7 Å². The third-order valence-electron chi connectivity index (χ3n) is 5.91. The minimum Gasteiger partial charge on any atom is -0.310 e. The van der Waals surface area contributed by atoms with E-state index in [-0.39, 0.29) is 12.3 Å². The lowest BCUT2D eigenvalue weighted by Crippen LogP contribution is -2.16. The van der Waals surface area contributed by atoms with Gasteiger partial charge in [0.2, 0.25) is 5.91 Å². The highest BCUT2D eigenvalue weighted by molar-refractivity contribution is 5.91. The minimum absolute atomic E-state index is 0.0806. The topological polar surface area (TPSA) is 72.2 Å². The van der Waals surface area contributed by atoms with E-state index in [9.17, 15) is 4.79 Å². The van der Waals surface area contributed by atoms with Crippen LogP contribution in [0, 0.1) is 11.7 Å². The summed E-state index contributed by atoms with van der Waals surface area (Å²) in [6, 6.07) is 18.4. The van der Waals surface area contributed by atoms with E-state index in [0.29, 0.717) is 22.9 Å². The molecule has 180 valence electrons. The summed E-state index contributed by atoms with van der Waals surface area (Å²) in [7, 11) is 0. The molecule has 6 nitrogen and oxygen atoms in total. The fourth-order valence-electron chi connectivity index (χ4n) is 4.24. The maximum Gasteiger partial charge on any atom is 0.230 e. The van der Waals surface area contributed by atoms with Crippen molar-refractivity contribution < 1.29 is 9.18 Å². The van der Waals surface area contributed by atoms with Gasteiger partial charge < -0.3 is 5.32 Å². The number of pyridine rings is 3. The summed E-state index contributed by atoms with van der Waals surface area (Å²) < 4.78 is 16.9. The molecule has 1 aromatic carbocycles. The van der Waals surface area contributed by atoms with Gasteiger partial charge in [-0.1, -0.05) is 32.0 Å². The Bertz CT molecular complexity index is 1530. The van der Waals surface area contributed by atoms with Crippen LogP contribution in [0.25, 0.3) is 28.2 Å². The fraction of sp³-hybridized carbons (Fsp3) is 0.172. The van der Waals surface area contributed by atoms with Gasteiger partial charge in [-0.2, -0.15) is 0 Å². The Morgan fingerprint density at radius 3 is 2.64 bits per heavy atom. The number of carbonyl (C=O) groups is 1. The number of fused-ring (bicyclic) bond motifs is 1. The number of halogens is 1. The van der Waals surface area contributed by atoms with Crippen LogP contribution in [0.15, 0.2) is 85.5 Å². The van der Waals surface area contributed by atoms with E-state index in [2.05, 4.69) is 34.1 Å². The van der Waals surface area contributed by atoms with E-state index in [1.807, 2.05) is 59.1 Å². The van der Waals surface area contributed by atoms with E-state index in [1.165, 1.54) is 6.07 Å². The van der Waals surface area contributed by atoms with Crippen molar-refractivity contribution in [2.75, 3.05) is 5.32 Å². The van der Waals surface area contributed by atoms with E-state index >= 15 is 4.39 Å². The van der Waals surface area contributed by atoms with Crippen molar-refractivity contribution >= 4 is 17.4 Å². The molecular weight excluding hydrogens is 453 g/mol. The first kappa shape index (κ1) is 23.4. The maximum absolute atomic E-state index is 15.0. The molecule has 1 N–H and O–H groups in total. The molecular formula is C29H26FN5O. The van der Waals surface area contributed by atoms with Crippen molar-refractivity contribution in [2.45, 2.75) is 26.7 Å². The molecule has 0 aliphatic heterocycles. The Labute approximate surface area is 208 Å². The monoisotopic (exact) mass is 479 g/mol. The number of rotatable bonds is 7. The molecule has 0 fully saturated rings. The Hall–Kier alpha value is -4.39. The minimum atomic E-state index is -0.441. The number of aromatic nitrogens is 4. The SMILES string of the molecule is CC(C)Cc1ccnc(NC(=O)Cc2ccc(-c3cnc4cc(-c5ccccn5)ccn34)cc2F)c1. The summed E-state index contributed by atoms with van der Waals surface area (Å²) in [5, 5.41) is 2.78. The number of nitrogens with zero attached hydrogens (tertiary/aromatic N) is 4. The highest BCUT2D eigenvalue weighted by Crippen LogP contribution is 2.26. The molecule has 0 saturated heterocycles. The molecule has 0 bridgehead atoms. The number of carbonyl (C=O) groups excluding carboxylic acids is 1. The van der Waals surface area contributed by atoms with Gasteiger partial charge in [0.25, 0.3) is 0 Å². The molecule has 0 spiro atoms. The molecule has 1 amide bonds. The lowest BCUT2D eigenvalue weighted by molar-refractivity contribution is -0.115. The largest absolute Gasteiger partial charge is 0.310 e. The molecule has 5 aromatic rings. The summed E-state index contributed by atoms with van der Waals surface area (Å²) >= 11 is 0. The first-order chi connectivity index (χ1) is 17.5. The second kappa shape index (κ2) is 10.1. The lowest BCUT2D eigenvalue weighted by atomic mass is 10.0. The molecule has 0 saturated carbocycles. The zero-order valence-corrected chi connectivity index (χ0v) is 20.1. The second-order valence-electron chi connectivity index (χ2n) is 9.18. The summed E-state index contributed by atoms with van der Waals surface area (Å²) in [4.78, 5) is 25.7. The Morgan fingerprint density at radius 2 is 1.86 bits per heavy atom. The van der Waals surface area contributed by atoms with E-state index in [4.69, 9.17) is 0 Å². The first-order valence-corrected chi connectivity index (χ1v) is 11.9. The molecule has 5 rings (SSSR count). The van der Waals surface area contributed by atoms with Crippen LogP contribution < -0.4 is 5.32 Å². The number of hydrogen-bond acceptors (Lipinski definition) is 4. The Kier molecular flexibility index (Phi) is 6.54. The van der Waals surface area contributed by atoms with Crippen LogP contribution in [0.4, 0.5) is 10.2 Å². The molecule has 36 heavy (non-hydrogen) atoms. The van der Waals surface area contributed by atoms with Crippen molar-refractivity contribution in [3.8, 4) is 22.5 Å². The average molecular weight is 480 g/mol. The third kappa shape index (κ3) is 5.15. The van der Waals surface area contributed by atoms with Crippen LogP contribution in [-0.2, 0) is 17.6 Å². The summed E-state index contributed by atoms with van der Waals surface area (Å²) in [5.41, 5.74) is 5.42. The Morgan fingerprint density at radius 1 is 0.972 bits per heavy atom. The lowest BCUT2D eigenvalue weighted by Gasteiger charge is -2.09. The average Bonchev–Trinajstić information content (AvgIpc) is 3.29. The van der Waals surface area contributed by atoms with Crippen molar-refractivity contribution in [2.24, 2.45) is 5.92 Å². The summed E-state index contributed by atoms with van der Waals surface area (Å²) in [5.74, 6) is 0.224. The number of benzene rings is 1. The van der Waals surface area contributed by atoms with Gasteiger partial charge in [0, 0.05) is 29.7 Å². The smallest absolute Gasteiger partial charge is 0.230 e. The van der Waals surface area contributed by atoms with Gasteiger partial charge in [0.15, 0.2) is 0 Å². The maximum atomic E-state index is 15.0. The Balaban J connectivity index is 1.32. The first-order valence-electron chi connectivity index (χ1n) is 11.9. The van der Waals surface area contributed by atoms with Crippen LogP contribution in [0.2, 0.25) is 0 Å².